The molecule has 4 heteroatoms. The molecule has 2 aromatic rings. The van der Waals surface area contributed by atoms with Crippen LogP contribution in [0.5, 0.6) is 0 Å². The number of rotatable bonds is 2. The maximum absolute atomic E-state index is 2.37. The van der Waals surface area contributed by atoms with Gasteiger partial charge in [-0.25, -0.2) is 0 Å². The highest BCUT2D eigenvalue weighted by Gasteiger charge is 2.28. The second-order valence-corrected chi connectivity index (χ2v) is 6.66. The van der Waals surface area contributed by atoms with Crippen molar-refractivity contribution in [3.8, 4) is 0 Å². The number of fused-ring (bicyclic) bond motifs is 1. The van der Waals surface area contributed by atoms with Crippen molar-refractivity contribution in [2.75, 3.05) is 30.9 Å². The van der Waals surface area contributed by atoms with Gasteiger partial charge in [0, 0.05) is 31.7 Å². The van der Waals surface area contributed by atoms with Crippen molar-refractivity contribution >= 4 is 35.5 Å². The number of nitrogens with zero attached hydrogens (tertiary/aromatic N) is 2. The molecule has 0 fully saturated rings. The quantitative estimate of drug-likeness (QED) is 0.790. The molecule has 0 amide bonds. The Labute approximate surface area is 137 Å². The molecule has 1 aliphatic rings. The number of anilines is 2. The standard InChI is InChI=1S/C17H20N2S.ClH/c1-12-5-10-15-16(11-12)20-17(19(15)4)13-6-8-14(9-7-13)18(2)3;/h5-11,17H,1-4H3;1H. The Balaban J connectivity index is 0.00000161. The van der Waals surface area contributed by atoms with Gasteiger partial charge < -0.3 is 9.80 Å². The molecular formula is C17H21ClN2S. The minimum atomic E-state index is 0. The minimum absolute atomic E-state index is 0. The fraction of sp³-hybridized carbons (Fsp3) is 0.294. The Kier molecular flexibility index (Phi) is 4.74. The Morgan fingerprint density at radius 2 is 1.71 bits per heavy atom. The second-order valence-electron chi connectivity index (χ2n) is 5.54. The van der Waals surface area contributed by atoms with E-state index in [1.165, 1.54) is 27.4 Å². The highest BCUT2D eigenvalue weighted by atomic mass is 35.5. The van der Waals surface area contributed by atoms with Gasteiger partial charge in [0.05, 0.1) is 5.69 Å². The zero-order chi connectivity index (χ0) is 14.3. The zero-order valence-corrected chi connectivity index (χ0v) is 14.5. The molecule has 2 aromatic carbocycles. The Hall–Kier alpha value is -1.32. The lowest BCUT2D eigenvalue weighted by Crippen LogP contribution is -2.17. The lowest BCUT2D eigenvalue weighted by molar-refractivity contribution is 0.912. The molecule has 0 radical (unpaired) electrons. The molecule has 0 saturated heterocycles. The third-order valence-electron chi connectivity index (χ3n) is 3.78. The molecule has 2 nitrogen and oxygen atoms in total. The second kappa shape index (κ2) is 6.20. The summed E-state index contributed by atoms with van der Waals surface area (Å²) in [5.41, 5.74) is 5.26. The van der Waals surface area contributed by atoms with Crippen molar-refractivity contribution < 1.29 is 0 Å². The summed E-state index contributed by atoms with van der Waals surface area (Å²) in [4.78, 5) is 5.88. The van der Waals surface area contributed by atoms with E-state index in [1.54, 1.807) is 0 Å². The van der Waals surface area contributed by atoms with Gasteiger partial charge in [0.25, 0.3) is 0 Å². The monoisotopic (exact) mass is 320 g/mol. The van der Waals surface area contributed by atoms with Crippen LogP contribution in [0.2, 0.25) is 0 Å². The molecule has 0 aromatic heterocycles. The smallest absolute Gasteiger partial charge is 0.105 e. The van der Waals surface area contributed by atoms with Crippen molar-refractivity contribution in [2.45, 2.75) is 17.2 Å². The van der Waals surface area contributed by atoms with E-state index in [-0.39, 0.29) is 12.4 Å². The van der Waals surface area contributed by atoms with Crippen LogP contribution in [0.25, 0.3) is 0 Å². The molecule has 112 valence electrons. The van der Waals surface area contributed by atoms with E-state index in [0.717, 1.165) is 0 Å². The first-order valence-corrected chi connectivity index (χ1v) is 7.71. The number of aryl methyl sites for hydroxylation is 1. The average Bonchev–Trinajstić information content (AvgIpc) is 2.75. The van der Waals surface area contributed by atoms with E-state index < -0.39 is 0 Å². The van der Waals surface area contributed by atoms with Crippen LogP contribution >= 0.6 is 24.2 Å². The predicted octanol–water partition coefficient (Wildman–Crippen LogP) is 4.72. The van der Waals surface area contributed by atoms with Gasteiger partial charge in [-0.1, -0.05) is 30.0 Å². The van der Waals surface area contributed by atoms with Gasteiger partial charge in [0.2, 0.25) is 0 Å². The van der Waals surface area contributed by atoms with Gasteiger partial charge in [-0.05, 0) is 42.3 Å². The molecule has 3 rings (SSSR count). The molecule has 0 saturated carbocycles. The number of hydrogen-bond donors (Lipinski definition) is 0. The molecule has 1 unspecified atom stereocenters. The Morgan fingerprint density at radius 1 is 1.05 bits per heavy atom. The van der Waals surface area contributed by atoms with E-state index >= 15 is 0 Å². The maximum atomic E-state index is 2.37. The van der Waals surface area contributed by atoms with Crippen molar-refractivity contribution in [2.24, 2.45) is 0 Å². The highest BCUT2D eigenvalue weighted by Crippen LogP contribution is 2.50. The topological polar surface area (TPSA) is 6.48 Å². The molecule has 1 aliphatic heterocycles. The summed E-state index contributed by atoms with van der Waals surface area (Å²) in [6, 6.07) is 15.6. The Bertz CT molecular complexity index is 625. The molecule has 0 N–H and O–H groups in total. The fourth-order valence-corrected chi connectivity index (χ4v) is 3.95. The van der Waals surface area contributed by atoms with Crippen molar-refractivity contribution in [3.05, 3.63) is 53.6 Å². The number of hydrogen-bond acceptors (Lipinski definition) is 3. The van der Waals surface area contributed by atoms with Gasteiger partial charge >= 0.3 is 0 Å². The van der Waals surface area contributed by atoms with Crippen LogP contribution in [0, 0.1) is 6.92 Å². The summed E-state index contributed by atoms with van der Waals surface area (Å²) in [6.07, 6.45) is 0. The molecule has 0 spiro atoms. The van der Waals surface area contributed by atoms with Crippen LogP contribution in [0.3, 0.4) is 0 Å². The number of benzene rings is 2. The maximum Gasteiger partial charge on any atom is 0.105 e. The molecule has 0 aliphatic carbocycles. The molecule has 1 heterocycles. The highest BCUT2D eigenvalue weighted by molar-refractivity contribution is 8.00. The number of thioether (sulfide) groups is 1. The largest absolute Gasteiger partial charge is 0.378 e. The average molecular weight is 321 g/mol. The predicted molar refractivity (Wildman–Crippen MR) is 96.2 cm³/mol. The Morgan fingerprint density at radius 3 is 2.33 bits per heavy atom. The van der Waals surface area contributed by atoms with E-state index in [9.17, 15) is 0 Å². The zero-order valence-electron chi connectivity index (χ0n) is 12.8. The summed E-state index contributed by atoms with van der Waals surface area (Å²) in [5, 5.41) is 0.378. The van der Waals surface area contributed by atoms with Crippen LogP contribution in [0.4, 0.5) is 11.4 Å². The van der Waals surface area contributed by atoms with Crippen LogP contribution in [0.1, 0.15) is 16.5 Å². The van der Waals surface area contributed by atoms with Crippen LogP contribution < -0.4 is 9.80 Å². The first kappa shape index (κ1) is 16.1. The van der Waals surface area contributed by atoms with Crippen molar-refractivity contribution in [1.82, 2.24) is 0 Å². The van der Waals surface area contributed by atoms with Crippen LogP contribution in [-0.2, 0) is 0 Å². The summed E-state index contributed by atoms with van der Waals surface area (Å²) >= 11 is 1.94. The summed E-state index contributed by atoms with van der Waals surface area (Å²) in [5.74, 6) is 0. The lowest BCUT2D eigenvalue weighted by Gasteiger charge is -2.22. The molecule has 1 atom stereocenters. The first-order valence-electron chi connectivity index (χ1n) is 6.83. The third-order valence-corrected chi connectivity index (χ3v) is 5.17. The van der Waals surface area contributed by atoms with Crippen molar-refractivity contribution in [1.29, 1.82) is 0 Å². The molecule has 0 bridgehead atoms. The van der Waals surface area contributed by atoms with E-state index in [4.69, 9.17) is 0 Å². The van der Waals surface area contributed by atoms with E-state index in [2.05, 4.69) is 80.3 Å². The van der Waals surface area contributed by atoms with E-state index in [1.807, 2.05) is 11.8 Å². The molecule has 21 heavy (non-hydrogen) atoms. The van der Waals surface area contributed by atoms with Crippen LogP contribution in [-0.4, -0.2) is 21.1 Å². The van der Waals surface area contributed by atoms with Gasteiger partial charge in [0.1, 0.15) is 5.37 Å². The first-order chi connectivity index (χ1) is 9.56. The van der Waals surface area contributed by atoms with Gasteiger partial charge in [0.15, 0.2) is 0 Å². The lowest BCUT2D eigenvalue weighted by atomic mass is 10.1. The summed E-state index contributed by atoms with van der Waals surface area (Å²) in [6.45, 7) is 2.15. The SMILES string of the molecule is Cc1ccc2c(c1)SC(c1ccc(N(C)C)cc1)N2C.Cl. The minimum Gasteiger partial charge on any atom is -0.378 e. The van der Waals surface area contributed by atoms with Crippen molar-refractivity contribution in [3.63, 3.8) is 0 Å². The normalized spacial score (nSPS) is 16.4. The summed E-state index contributed by atoms with van der Waals surface area (Å²) in [7, 11) is 6.33. The number of halogens is 1. The van der Waals surface area contributed by atoms with Gasteiger partial charge in [-0.15, -0.1) is 12.4 Å². The van der Waals surface area contributed by atoms with Gasteiger partial charge in [-0.2, -0.15) is 0 Å². The van der Waals surface area contributed by atoms with E-state index in [0.29, 0.717) is 5.37 Å². The third kappa shape index (κ3) is 2.99. The van der Waals surface area contributed by atoms with Crippen LogP contribution in [0.15, 0.2) is 47.4 Å². The fourth-order valence-electron chi connectivity index (χ4n) is 2.56. The summed E-state index contributed by atoms with van der Waals surface area (Å²) < 4.78 is 0. The molecular weight excluding hydrogens is 300 g/mol. The van der Waals surface area contributed by atoms with Gasteiger partial charge in [-0.3, -0.25) is 0 Å².